The van der Waals surface area contributed by atoms with Gasteiger partial charge in [0.05, 0.1) is 18.0 Å². The first-order valence-electron chi connectivity index (χ1n) is 6.18. The molecule has 0 spiro atoms. The van der Waals surface area contributed by atoms with Crippen LogP contribution in [-0.2, 0) is 6.54 Å². The van der Waals surface area contributed by atoms with Crippen LogP contribution in [-0.4, -0.2) is 24.4 Å². The second-order valence-corrected chi connectivity index (χ2v) is 6.66. The van der Waals surface area contributed by atoms with E-state index in [2.05, 4.69) is 11.8 Å². The Balaban J connectivity index is 2.02. The second kappa shape index (κ2) is 6.71. The quantitative estimate of drug-likeness (QED) is 0.886. The predicted octanol–water partition coefficient (Wildman–Crippen LogP) is 2.70. The molecule has 1 amide bonds. The Labute approximate surface area is 127 Å². The lowest BCUT2D eigenvalue weighted by molar-refractivity contribution is 0.0791. The van der Waals surface area contributed by atoms with E-state index in [9.17, 15) is 4.79 Å². The number of carbonyl (C=O) groups is 1. The van der Waals surface area contributed by atoms with Crippen molar-refractivity contribution in [3.05, 3.63) is 43.8 Å². The molecule has 2 rings (SSSR count). The third kappa shape index (κ3) is 3.70. The lowest BCUT2D eigenvalue weighted by Crippen LogP contribution is -2.24. The van der Waals surface area contributed by atoms with E-state index in [-0.39, 0.29) is 5.91 Å². The van der Waals surface area contributed by atoms with Gasteiger partial charge in [0.2, 0.25) is 0 Å². The van der Waals surface area contributed by atoms with Crippen molar-refractivity contribution in [3.63, 3.8) is 0 Å². The van der Waals surface area contributed by atoms with Gasteiger partial charge in [-0.3, -0.25) is 4.79 Å². The van der Waals surface area contributed by atoms with Gasteiger partial charge in [0.15, 0.2) is 0 Å². The smallest absolute Gasteiger partial charge is 0.263 e. The molecule has 0 atom stereocenters. The molecule has 0 aliphatic carbocycles. The van der Waals surface area contributed by atoms with Crippen molar-refractivity contribution in [2.24, 2.45) is 5.73 Å². The van der Waals surface area contributed by atoms with Crippen LogP contribution in [0.2, 0.25) is 0 Å². The number of carbonyl (C=O) groups excluding carboxylic acids is 1. The van der Waals surface area contributed by atoms with Crippen LogP contribution in [0.15, 0.2) is 23.6 Å². The minimum atomic E-state index is 0.0612. The number of amides is 1. The Bertz CT molecular complexity index is 661. The Morgan fingerprint density at radius 2 is 2.25 bits per heavy atom. The molecule has 0 saturated carbocycles. The standard InChI is InChI=1S/C15H16N2OS2/c1-11-5-6-14(20-11)15(18)17(2)9-13-8-12(10-19-13)4-3-7-16/h5-6,8,10H,7,9,16H2,1-2H3. The monoisotopic (exact) mass is 304 g/mol. The summed E-state index contributed by atoms with van der Waals surface area (Å²) in [7, 11) is 1.82. The summed E-state index contributed by atoms with van der Waals surface area (Å²) in [6.07, 6.45) is 0. The number of nitrogens with zero attached hydrogens (tertiary/aromatic N) is 1. The van der Waals surface area contributed by atoms with Crippen molar-refractivity contribution in [1.82, 2.24) is 4.90 Å². The molecular formula is C15H16N2OS2. The molecular weight excluding hydrogens is 288 g/mol. The van der Waals surface area contributed by atoms with Crippen molar-refractivity contribution in [2.45, 2.75) is 13.5 Å². The van der Waals surface area contributed by atoms with Gasteiger partial charge in [-0.15, -0.1) is 22.7 Å². The fourth-order valence-electron chi connectivity index (χ4n) is 1.73. The van der Waals surface area contributed by atoms with Gasteiger partial charge in [0.25, 0.3) is 5.91 Å². The largest absolute Gasteiger partial charge is 0.336 e. The summed E-state index contributed by atoms with van der Waals surface area (Å²) in [6.45, 7) is 2.97. The average molecular weight is 304 g/mol. The number of hydrogen-bond acceptors (Lipinski definition) is 4. The third-order valence-corrected chi connectivity index (χ3v) is 4.59. The van der Waals surface area contributed by atoms with Gasteiger partial charge in [-0.1, -0.05) is 11.8 Å². The van der Waals surface area contributed by atoms with Crippen LogP contribution >= 0.6 is 22.7 Å². The molecule has 2 aromatic heterocycles. The molecule has 0 aliphatic heterocycles. The number of hydrogen-bond donors (Lipinski definition) is 1. The molecule has 0 bridgehead atoms. The highest BCUT2D eigenvalue weighted by Gasteiger charge is 2.14. The van der Waals surface area contributed by atoms with Crippen LogP contribution < -0.4 is 5.73 Å². The van der Waals surface area contributed by atoms with Gasteiger partial charge in [-0.25, -0.2) is 0 Å². The summed E-state index contributed by atoms with van der Waals surface area (Å²) in [5.74, 6) is 5.89. The maximum absolute atomic E-state index is 12.2. The highest BCUT2D eigenvalue weighted by Crippen LogP contribution is 2.20. The van der Waals surface area contributed by atoms with Gasteiger partial charge >= 0.3 is 0 Å². The molecule has 0 radical (unpaired) electrons. The van der Waals surface area contributed by atoms with Crippen molar-refractivity contribution in [3.8, 4) is 11.8 Å². The maximum Gasteiger partial charge on any atom is 0.263 e. The number of thiophene rings is 2. The fourth-order valence-corrected chi connectivity index (χ4v) is 3.46. The van der Waals surface area contributed by atoms with E-state index in [4.69, 9.17) is 5.73 Å². The first kappa shape index (κ1) is 14.8. The van der Waals surface area contributed by atoms with Crippen LogP contribution in [0.3, 0.4) is 0 Å². The number of nitrogens with two attached hydrogens (primary N) is 1. The van der Waals surface area contributed by atoms with E-state index >= 15 is 0 Å². The first-order valence-corrected chi connectivity index (χ1v) is 7.88. The molecule has 0 aliphatic rings. The lowest BCUT2D eigenvalue weighted by atomic mass is 10.3. The van der Waals surface area contributed by atoms with E-state index in [0.717, 1.165) is 20.2 Å². The molecule has 3 nitrogen and oxygen atoms in total. The summed E-state index contributed by atoms with van der Waals surface area (Å²) in [6, 6.07) is 5.86. The van der Waals surface area contributed by atoms with Crippen LogP contribution in [0.5, 0.6) is 0 Å². The second-order valence-electron chi connectivity index (χ2n) is 4.38. The minimum Gasteiger partial charge on any atom is -0.336 e. The number of aryl methyl sites for hydroxylation is 1. The van der Waals surface area contributed by atoms with Crippen LogP contribution in [0.1, 0.15) is 25.0 Å². The Hall–Kier alpha value is -1.61. The third-order valence-electron chi connectivity index (χ3n) is 2.68. The molecule has 5 heteroatoms. The molecule has 0 unspecified atom stereocenters. The lowest BCUT2D eigenvalue weighted by Gasteiger charge is -2.14. The Morgan fingerprint density at radius 1 is 1.45 bits per heavy atom. The van der Waals surface area contributed by atoms with Crippen LogP contribution in [0, 0.1) is 18.8 Å². The zero-order chi connectivity index (χ0) is 14.5. The average Bonchev–Trinajstić information content (AvgIpc) is 3.04. The Morgan fingerprint density at radius 3 is 2.90 bits per heavy atom. The van der Waals surface area contributed by atoms with Gasteiger partial charge in [-0.05, 0) is 25.1 Å². The van der Waals surface area contributed by atoms with Crippen LogP contribution in [0.4, 0.5) is 0 Å². The van der Waals surface area contributed by atoms with E-state index < -0.39 is 0 Å². The van der Waals surface area contributed by atoms with Gasteiger partial charge in [0.1, 0.15) is 0 Å². The molecule has 0 saturated heterocycles. The topological polar surface area (TPSA) is 46.3 Å². The predicted molar refractivity (Wildman–Crippen MR) is 85.1 cm³/mol. The summed E-state index contributed by atoms with van der Waals surface area (Å²) >= 11 is 3.14. The normalized spacial score (nSPS) is 9.95. The summed E-state index contributed by atoms with van der Waals surface area (Å²) in [5, 5.41) is 1.99. The molecule has 2 aromatic rings. The summed E-state index contributed by atoms with van der Waals surface area (Å²) in [5.41, 5.74) is 6.31. The van der Waals surface area contributed by atoms with Crippen molar-refractivity contribution in [2.75, 3.05) is 13.6 Å². The molecule has 2 heterocycles. The molecule has 20 heavy (non-hydrogen) atoms. The van der Waals surface area contributed by atoms with Gasteiger partial charge < -0.3 is 10.6 Å². The van der Waals surface area contributed by atoms with Gasteiger partial charge in [-0.2, -0.15) is 0 Å². The van der Waals surface area contributed by atoms with Crippen LogP contribution in [0.25, 0.3) is 0 Å². The maximum atomic E-state index is 12.2. The minimum absolute atomic E-state index is 0.0612. The highest BCUT2D eigenvalue weighted by molar-refractivity contribution is 7.14. The van der Waals surface area contributed by atoms with Crippen molar-refractivity contribution in [1.29, 1.82) is 0 Å². The fraction of sp³-hybridized carbons (Fsp3) is 0.267. The SMILES string of the molecule is Cc1ccc(C(=O)N(C)Cc2cc(C#CCN)cs2)s1. The van der Waals surface area contributed by atoms with Crippen molar-refractivity contribution < 1.29 is 4.79 Å². The molecule has 2 N–H and O–H groups in total. The van der Waals surface area contributed by atoms with E-state index in [1.165, 1.54) is 11.3 Å². The van der Waals surface area contributed by atoms with E-state index in [1.807, 2.05) is 37.6 Å². The highest BCUT2D eigenvalue weighted by atomic mass is 32.1. The molecule has 0 aromatic carbocycles. The molecule has 0 fully saturated rings. The number of rotatable bonds is 3. The zero-order valence-corrected chi connectivity index (χ0v) is 13.1. The Kier molecular flexibility index (Phi) is 4.96. The first-order chi connectivity index (χ1) is 9.60. The summed E-state index contributed by atoms with van der Waals surface area (Å²) in [4.78, 5) is 17.0. The molecule has 104 valence electrons. The van der Waals surface area contributed by atoms with Crippen molar-refractivity contribution >= 4 is 28.6 Å². The summed E-state index contributed by atoms with van der Waals surface area (Å²) < 4.78 is 0. The van der Waals surface area contributed by atoms with Gasteiger partial charge in [0, 0.05) is 27.7 Å². The van der Waals surface area contributed by atoms with E-state index in [0.29, 0.717) is 13.1 Å². The zero-order valence-electron chi connectivity index (χ0n) is 11.5. The van der Waals surface area contributed by atoms with E-state index in [1.54, 1.807) is 16.2 Å².